The minimum atomic E-state index is 0.632. The Morgan fingerprint density at radius 1 is 1.39 bits per heavy atom. The van der Waals surface area contributed by atoms with E-state index in [9.17, 15) is 0 Å². The van der Waals surface area contributed by atoms with Crippen LogP contribution in [0.1, 0.15) is 38.3 Å². The van der Waals surface area contributed by atoms with Crippen molar-refractivity contribution in [3.63, 3.8) is 0 Å². The van der Waals surface area contributed by atoms with E-state index in [1.165, 1.54) is 25.7 Å². The van der Waals surface area contributed by atoms with Gasteiger partial charge in [-0.3, -0.25) is 4.57 Å². The summed E-state index contributed by atoms with van der Waals surface area (Å²) in [4.78, 5) is 4.46. The van der Waals surface area contributed by atoms with Crippen molar-refractivity contribution in [3.05, 3.63) is 5.69 Å². The van der Waals surface area contributed by atoms with Gasteiger partial charge in [0.25, 0.3) is 0 Å². The molecule has 0 saturated heterocycles. The van der Waals surface area contributed by atoms with Gasteiger partial charge in [0, 0.05) is 13.1 Å². The van der Waals surface area contributed by atoms with Crippen LogP contribution in [0, 0.1) is 12.8 Å². The first kappa shape index (κ1) is 11.6. The molecular formula is C13H21N5. The lowest BCUT2D eigenvalue weighted by atomic mass is 9.83. The number of nitrogen functional groups attached to an aromatic ring is 1. The normalized spacial score (nSPS) is 16.3. The molecule has 0 amide bonds. The average Bonchev–Trinajstić information content (AvgIpc) is 2.76. The number of rotatable bonds is 4. The van der Waals surface area contributed by atoms with Gasteiger partial charge in [0.15, 0.2) is 5.65 Å². The molecule has 0 atom stereocenters. The average molecular weight is 247 g/mol. The fourth-order valence-electron chi connectivity index (χ4n) is 2.78. The lowest BCUT2D eigenvalue weighted by molar-refractivity contribution is 0.283. The molecule has 1 aliphatic carbocycles. The van der Waals surface area contributed by atoms with Gasteiger partial charge < -0.3 is 5.73 Å². The van der Waals surface area contributed by atoms with E-state index in [4.69, 9.17) is 5.73 Å². The molecule has 0 radical (unpaired) electrons. The summed E-state index contributed by atoms with van der Waals surface area (Å²) in [6.45, 7) is 5.93. The summed E-state index contributed by atoms with van der Waals surface area (Å²) >= 11 is 0. The molecule has 5 heteroatoms. The largest absolute Gasteiger partial charge is 0.369 e. The Morgan fingerprint density at radius 2 is 2.17 bits per heavy atom. The molecule has 2 N–H and O–H groups in total. The summed E-state index contributed by atoms with van der Waals surface area (Å²) in [5.74, 6) is 1.52. The summed E-state index contributed by atoms with van der Waals surface area (Å²) in [5.41, 5.74) is 9.07. The van der Waals surface area contributed by atoms with Crippen LogP contribution in [0.25, 0.3) is 11.2 Å². The van der Waals surface area contributed by atoms with E-state index < -0.39 is 0 Å². The van der Waals surface area contributed by atoms with Crippen LogP contribution in [0.3, 0.4) is 0 Å². The van der Waals surface area contributed by atoms with Crippen LogP contribution < -0.4 is 5.73 Å². The van der Waals surface area contributed by atoms with Crippen LogP contribution in [-0.2, 0) is 13.1 Å². The van der Waals surface area contributed by atoms with E-state index in [1.54, 1.807) is 0 Å². The lowest BCUT2D eigenvalue weighted by Gasteiger charge is -2.25. The number of nitrogens with two attached hydrogens (primary N) is 1. The van der Waals surface area contributed by atoms with Crippen molar-refractivity contribution in [3.8, 4) is 0 Å². The molecule has 5 nitrogen and oxygen atoms in total. The molecule has 0 aliphatic heterocycles. The first-order valence-corrected chi connectivity index (χ1v) is 6.89. The number of hydrogen-bond donors (Lipinski definition) is 1. The Balaban J connectivity index is 1.95. The van der Waals surface area contributed by atoms with E-state index in [2.05, 4.69) is 21.6 Å². The monoisotopic (exact) mass is 247 g/mol. The van der Waals surface area contributed by atoms with Crippen LogP contribution in [0.15, 0.2) is 0 Å². The number of aryl methyl sites for hydroxylation is 3. The van der Waals surface area contributed by atoms with Gasteiger partial charge in [0.1, 0.15) is 5.52 Å². The van der Waals surface area contributed by atoms with Crippen LogP contribution in [-0.4, -0.2) is 19.3 Å². The maximum Gasteiger partial charge on any atom is 0.202 e. The maximum atomic E-state index is 6.05. The second kappa shape index (κ2) is 4.30. The molecule has 2 aromatic heterocycles. The molecular weight excluding hydrogens is 226 g/mol. The molecule has 0 spiro atoms. The second-order valence-corrected chi connectivity index (χ2v) is 5.28. The molecule has 18 heavy (non-hydrogen) atoms. The highest BCUT2D eigenvalue weighted by molar-refractivity contribution is 5.77. The first-order chi connectivity index (χ1) is 8.70. The highest BCUT2D eigenvalue weighted by Crippen LogP contribution is 2.31. The van der Waals surface area contributed by atoms with E-state index in [1.807, 2.05) is 11.6 Å². The first-order valence-electron chi connectivity index (χ1n) is 6.89. The van der Waals surface area contributed by atoms with Gasteiger partial charge >= 0.3 is 0 Å². The summed E-state index contributed by atoms with van der Waals surface area (Å²) in [5, 5.41) is 4.51. The maximum absolute atomic E-state index is 6.05. The molecule has 2 aromatic rings. The van der Waals surface area contributed by atoms with E-state index >= 15 is 0 Å². The van der Waals surface area contributed by atoms with Crippen molar-refractivity contribution in [2.45, 2.75) is 52.6 Å². The number of anilines is 1. The third-order valence-electron chi connectivity index (χ3n) is 4.11. The SMILES string of the molecule is CCn1nc(C)c2nc(N)n(CCC3CCC3)c21. The number of hydrogen-bond acceptors (Lipinski definition) is 3. The fraction of sp³-hybridized carbons (Fsp3) is 0.692. The van der Waals surface area contributed by atoms with Gasteiger partial charge in [-0.2, -0.15) is 5.10 Å². The van der Waals surface area contributed by atoms with Crippen LogP contribution in [0.2, 0.25) is 0 Å². The Kier molecular flexibility index (Phi) is 2.76. The van der Waals surface area contributed by atoms with Crippen molar-refractivity contribution in [1.29, 1.82) is 0 Å². The zero-order valence-corrected chi connectivity index (χ0v) is 11.2. The molecule has 1 saturated carbocycles. The molecule has 98 valence electrons. The molecule has 0 bridgehead atoms. The third kappa shape index (κ3) is 1.69. The topological polar surface area (TPSA) is 61.7 Å². The highest BCUT2D eigenvalue weighted by atomic mass is 15.4. The standard InChI is InChI=1S/C13H21N5/c1-3-18-12-11(9(2)16-18)15-13(14)17(12)8-7-10-5-4-6-10/h10H,3-8H2,1-2H3,(H2,14,15). The molecule has 2 heterocycles. The minimum absolute atomic E-state index is 0.632. The summed E-state index contributed by atoms with van der Waals surface area (Å²) in [6, 6.07) is 0. The Labute approximate surface area is 107 Å². The van der Waals surface area contributed by atoms with Gasteiger partial charge in [-0.05, 0) is 26.2 Å². The molecule has 1 aliphatic rings. The van der Waals surface area contributed by atoms with E-state index in [0.717, 1.165) is 35.9 Å². The summed E-state index contributed by atoms with van der Waals surface area (Å²) in [6.07, 6.45) is 5.36. The quantitative estimate of drug-likeness (QED) is 0.902. The second-order valence-electron chi connectivity index (χ2n) is 5.28. The highest BCUT2D eigenvalue weighted by Gasteiger charge is 2.20. The zero-order chi connectivity index (χ0) is 12.7. The third-order valence-corrected chi connectivity index (χ3v) is 4.11. The number of aromatic nitrogens is 4. The Morgan fingerprint density at radius 3 is 2.78 bits per heavy atom. The predicted octanol–water partition coefficient (Wildman–Crippen LogP) is 2.33. The van der Waals surface area contributed by atoms with E-state index in [-0.39, 0.29) is 0 Å². The van der Waals surface area contributed by atoms with Gasteiger partial charge in [0.05, 0.1) is 5.69 Å². The lowest BCUT2D eigenvalue weighted by Crippen LogP contribution is -2.15. The van der Waals surface area contributed by atoms with Crippen LogP contribution >= 0.6 is 0 Å². The van der Waals surface area contributed by atoms with Gasteiger partial charge in [-0.25, -0.2) is 9.67 Å². The number of imidazole rings is 1. The van der Waals surface area contributed by atoms with Gasteiger partial charge in [0.2, 0.25) is 5.95 Å². The minimum Gasteiger partial charge on any atom is -0.369 e. The predicted molar refractivity (Wildman–Crippen MR) is 72.3 cm³/mol. The molecule has 0 aromatic carbocycles. The van der Waals surface area contributed by atoms with Crippen molar-refractivity contribution in [2.24, 2.45) is 5.92 Å². The van der Waals surface area contributed by atoms with Gasteiger partial charge in [-0.1, -0.05) is 19.3 Å². The molecule has 3 rings (SSSR count). The fourth-order valence-corrected chi connectivity index (χ4v) is 2.78. The van der Waals surface area contributed by atoms with Crippen LogP contribution in [0.4, 0.5) is 5.95 Å². The van der Waals surface area contributed by atoms with E-state index in [0.29, 0.717) is 5.95 Å². The Bertz CT molecular complexity index is 561. The smallest absolute Gasteiger partial charge is 0.202 e. The van der Waals surface area contributed by atoms with Crippen molar-refractivity contribution in [1.82, 2.24) is 19.3 Å². The number of nitrogens with zero attached hydrogens (tertiary/aromatic N) is 4. The zero-order valence-electron chi connectivity index (χ0n) is 11.2. The molecule has 1 fully saturated rings. The van der Waals surface area contributed by atoms with Crippen molar-refractivity contribution >= 4 is 17.1 Å². The number of fused-ring (bicyclic) bond motifs is 1. The van der Waals surface area contributed by atoms with Gasteiger partial charge in [-0.15, -0.1) is 0 Å². The summed E-state index contributed by atoms with van der Waals surface area (Å²) in [7, 11) is 0. The molecule has 0 unspecified atom stereocenters. The summed E-state index contributed by atoms with van der Waals surface area (Å²) < 4.78 is 4.14. The van der Waals surface area contributed by atoms with Crippen molar-refractivity contribution < 1.29 is 0 Å². The van der Waals surface area contributed by atoms with Crippen LogP contribution in [0.5, 0.6) is 0 Å². The Hall–Kier alpha value is -1.52. The van der Waals surface area contributed by atoms with Crippen molar-refractivity contribution in [2.75, 3.05) is 5.73 Å².